The molecule has 0 aliphatic heterocycles. The summed E-state index contributed by atoms with van der Waals surface area (Å²) in [5.41, 5.74) is 2.74. The molecular weight excluding hydrogens is 354 g/mol. The maximum Gasteiger partial charge on any atom is 0.251 e. The van der Waals surface area contributed by atoms with Crippen LogP contribution in [0.2, 0.25) is 0 Å². The van der Waals surface area contributed by atoms with Gasteiger partial charge in [0.15, 0.2) is 0 Å². The lowest BCUT2D eigenvalue weighted by Crippen LogP contribution is -2.25. The number of methoxy groups -OCH3 is 1. The maximum atomic E-state index is 12.3. The molecule has 6 nitrogen and oxygen atoms in total. The predicted molar refractivity (Wildman–Crippen MR) is 107 cm³/mol. The molecule has 3 rings (SSSR count). The molecule has 0 bridgehead atoms. The molecule has 146 valence electrons. The molecule has 3 aromatic rings. The zero-order valence-corrected chi connectivity index (χ0v) is 16.7. The molecule has 1 N–H and O–H groups in total. The highest BCUT2D eigenvalue weighted by molar-refractivity contribution is 5.94. The smallest absolute Gasteiger partial charge is 0.251 e. The Morgan fingerprint density at radius 1 is 1.07 bits per heavy atom. The van der Waals surface area contributed by atoms with Crippen molar-refractivity contribution in [1.29, 1.82) is 0 Å². The van der Waals surface area contributed by atoms with E-state index < -0.39 is 0 Å². The summed E-state index contributed by atoms with van der Waals surface area (Å²) in [5, 5.41) is 6.88. The quantitative estimate of drug-likeness (QED) is 0.700. The zero-order chi connectivity index (χ0) is 20.1. The highest BCUT2D eigenvalue weighted by Crippen LogP contribution is 2.22. The van der Waals surface area contributed by atoms with E-state index in [0.717, 1.165) is 11.3 Å². The number of nitrogens with zero attached hydrogens (tertiary/aromatic N) is 2. The summed E-state index contributed by atoms with van der Waals surface area (Å²) in [5.74, 6) is 1.65. The van der Waals surface area contributed by atoms with E-state index in [9.17, 15) is 4.79 Å². The van der Waals surface area contributed by atoms with Crippen molar-refractivity contribution in [3.05, 3.63) is 65.5 Å². The Labute approximate surface area is 164 Å². The van der Waals surface area contributed by atoms with Crippen molar-refractivity contribution in [3.8, 4) is 17.1 Å². The van der Waals surface area contributed by atoms with Gasteiger partial charge in [0.1, 0.15) is 5.75 Å². The van der Waals surface area contributed by atoms with Crippen LogP contribution in [-0.2, 0) is 11.8 Å². The maximum absolute atomic E-state index is 12.3. The molecule has 6 heteroatoms. The fourth-order valence-electron chi connectivity index (χ4n) is 2.72. The third-order valence-electron chi connectivity index (χ3n) is 4.45. The number of ether oxygens (including phenoxy) is 1. The highest BCUT2D eigenvalue weighted by Gasteiger charge is 2.14. The van der Waals surface area contributed by atoms with Crippen molar-refractivity contribution in [2.45, 2.75) is 32.6 Å². The van der Waals surface area contributed by atoms with Crippen LogP contribution in [0.5, 0.6) is 5.75 Å². The number of amides is 1. The fraction of sp³-hybridized carbons (Fsp3) is 0.318. The molecule has 0 aliphatic carbocycles. The first-order chi connectivity index (χ1) is 13.4. The summed E-state index contributed by atoms with van der Waals surface area (Å²) in [7, 11) is 1.62. The minimum atomic E-state index is -0.115. The van der Waals surface area contributed by atoms with Crippen molar-refractivity contribution in [2.24, 2.45) is 0 Å². The van der Waals surface area contributed by atoms with Gasteiger partial charge >= 0.3 is 0 Å². The number of rotatable bonds is 6. The lowest BCUT2D eigenvalue weighted by molar-refractivity contribution is 0.0953. The van der Waals surface area contributed by atoms with Gasteiger partial charge < -0.3 is 14.6 Å². The van der Waals surface area contributed by atoms with Gasteiger partial charge in [-0.1, -0.05) is 38.1 Å². The molecular formula is C22H25N3O3. The van der Waals surface area contributed by atoms with Crippen molar-refractivity contribution < 1.29 is 14.1 Å². The van der Waals surface area contributed by atoms with Crippen molar-refractivity contribution in [3.63, 3.8) is 0 Å². The molecule has 0 saturated carbocycles. The molecule has 0 atom stereocenters. The van der Waals surface area contributed by atoms with E-state index in [4.69, 9.17) is 9.26 Å². The molecule has 2 aromatic carbocycles. The Kier molecular flexibility index (Phi) is 5.78. The Bertz CT molecular complexity index is 923. The van der Waals surface area contributed by atoms with E-state index in [1.165, 1.54) is 5.56 Å². The first-order valence-corrected chi connectivity index (χ1v) is 9.22. The van der Waals surface area contributed by atoms with Crippen LogP contribution in [0.4, 0.5) is 0 Å². The first-order valence-electron chi connectivity index (χ1n) is 9.22. The van der Waals surface area contributed by atoms with Gasteiger partial charge in [-0.05, 0) is 47.4 Å². The van der Waals surface area contributed by atoms with Gasteiger partial charge in [0.25, 0.3) is 5.91 Å². The largest absolute Gasteiger partial charge is 0.497 e. The SMILES string of the molecule is COc1ccc(-c2noc(CCNC(=O)c3ccc(C(C)(C)C)cc3)n2)cc1. The molecule has 0 spiro atoms. The van der Waals surface area contributed by atoms with Crippen LogP contribution >= 0.6 is 0 Å². The Morgan fingerprint density at radius 3 is 2.36 bits per heavy atom. The van der Waals surface area contributed by atoms with Gasteiger partial charge in [0, 0.05) is 24.1 Å². The van der Waals surface area contributed by atoms with Crippen LogP contribution < -0.4 is 10.1 Å². The van der Waals surface area contributed by atoms with E-state index in [1.54, 1.807) is 7.11 Å². The normalized spacial score (nSPS) is 11.3. The Morgan fingerprint density at radius 2 is 1.75 bits per heavy atom. The summed E-state index contributed by atoms with van der Waals surface area (Å²) >= 11 is 0. The molecule has 28 heavy (non-hydrogen) atoms. The van der Waals surface area contributed by atoms with Crippen LogP contribution in [0.1, 0.15) is 42.6 Å². The second-order valence-electron chi connectivity index (χ2n) is 7.57. The van der Waals surface area contributed by atoms with Gasteiger partial charge in [-0.25, -0.2) is 0 Å². The molecule has 0 aliphatic rings. The number of carbonyl (C=O) groups excluding carboxylic acids is 1. The summed E-state index contributed by atoms with van der Waals surface area (Å²) in [4.78, 5) is 16.7. The van der Waals surface area contributed by atoms with Crippen LogP contribution in [0.25, 0.3) is 11.4 Å². The zero-order valence-electron chi connectivity index (χ0n) is 16.7. The van der Waals surface area contributed by atoms with Crippen molar-refractivity contribution in [1.82, 2.24) is 15.5 Å². The molecule has 0 unspecified atom stereocenters. The van der Waals surface area contributed by atoms with E-state index in [0.29, 0.717) is 30.2 Å². The predicted octanol–water partition coefficient (Wildman–Crippen LogP) is 4.02. The Hall–Kier alpha value is -3.15. The minimum Gasteiger partial charge on any atom is -0.497 e. The highest BCUT2D eigenvalue weighted by atomic mass is 16.5. The van der Waals surface area contributed by atoms with E-state index >= 15 is 0 Å². The molecule has 1 heterocycles. The first kappa shape index (κ1) is 19.6. The van der Waals surface area contributed by atoms with Gasteiger partial charge in [-0.2, -0.15) is 4.98 Å². The van der Waals surface area contributed by atoms with Gasteiger partial charge in [0.05, 0.1) is 7.11 Å². The van der Waals surface area contributed by atoms with Gasteiger partial charge in [-0.3, -0.25) is 4.79 Å². The average molecular weight is 379 g/mol. The molecule has 1 aromatic heterocycles. The van der Waals surface area contributed by atoms with Crippen LogP contribution in [0.3, 0.4) is 0 Å². The fourth-order valence-corrected chi connectivity index (χ4v) is 2.72. The summed E-state index contributed by atoms with van der Waals surface area (Å²) in [6.45, 7) is 6.86. The summed E-state index contributed by atoms with van der Waals surface area (Å²) < 4.78 is 10.4. The number of benzene rings is 2. The molecule has 0 radical (unpaired) electrons. The minimum absolute atomic E-state index is 0.0640. The lowest BCUT2D eigenvalue weighted by atomic mass is 9.87. The van der Waals surface area contributed by atoms with Crippen molar-refractivity contribution in [2.75, 3.05) is 13.7 Å². The standard InChI is InChI=1S/C22H25N3O3/c1-22(2,3)17-9-5-16(6-10-17)21(26)23-14-13-19-24-20(25-28-19)15-7-11-18(27-4)12-8-15/h5-12H,13-14H2,1-4H3,(H,23,26). The number of nitrogens with one attached hydrogen (secondary N) is 1. The average Bonchev–Trinajstić information content (AvgIpc) is 3.16. The van der Waals surface area contributed by atoms with Gasteiger partial charge in [0.2, 0.25) is 11.7 Å². The molecule has 0 fully saturated rings. The van der Waals surface area contributed by atoms with Crippen LogP contribution in [0.15, 0.2) is 53.1 Å². The summed E-state index contributed by atoms with van der Waals surface area (Å²) in [6.07, 6.45) is 0.467. The number of aromatic nitrogens is 2. The molecule has 1 amide bonds. The van der Waals surface area contributed by atoms with Crippen LogP contribution in [-0.4, -0.2) is 29.7 Å². The number of carbonyl (C=O) groups is 1. The van der Waals surface area contributed by atoms with E-state index in [-0.39, 0.29) is 11.3 Å². The second-order valence-corrected chi connectivity index (χ2v) is 7.57. The Balaban J connectivity index is 1.53. The summed E-state index contributed by atoms with van der Waals surface area (Å²) in [6, 6.07) is 15.1. The van der Waals surface area contributed by atoms with Gasteiger partial charge in [-0.15, -0.1) is 0 Å². The second kappa shape index (κ2) is 8.25. The monoisotopic (exact) mass is 379 g/mol. The third kappa shape index (κ3) is 4.76. The third-order valence-corrected chi connectivity index (χ3v) is 4.45. The lowest BCUT2D eigenvalue weighted by Gasteiger charge is -2.19. The number of hydrogen-bond acceptors (Lipinski definition) is 5. The topological polar surface area (TPSA) is 77.3 Å². The van der Waals surface area contributed by atoms with E-state index in [2.05, 4.69) is 36.2 Å². The van der Waals surface area contributed by atoms with E-state index in [1.807, 2.05) is 48.5 Å². The van der Waals surface area contributed by atoms with Crippen LogP contribution in [0, 0.1) is 0 Å². The van der Waals surface area contributed by atoms with Crippen molar-refractivity contribution >= 4 is 5.91 Å². The number of hydrogen-bond donors (Lipinski definition) is 1. The molecule has 0 saturated heterocycles.